The molecule has 1 saturated carbocycles. The molecule has 1 fully saturated rings. The van der Waals surface area contributed by atoms with Crippen molar-refractivity contribution < 1.29 is 32.5 Å². The normalized spacial score (nSPS) is 19.5. The predicted molar refractivity (Wildman–Crippen MR) is 140 cm³/mol. The number of aliphatic carboxylic acids is 1. The van der Waals surface area contributed by atoms with Crippen LogP contribution in [0.4, 0.5) is 0 Å². The monoisotopic (exact) mass is 522 g/mol. The van der Waals surface area contributed by atoms with Gasteiger partial charge in [0.1, 0.15) is 45.7 Å². The number of hydrogen-bond donors (Lipinski definition) is 1. The van der Waals surface area contributed by atoms with Gasteiger partial charge in [0.15, 0.2) is 0 Å². The van der Waals surface area contributed by atoms with Crippen LogP contribution >= 0.6 is 0 Å². The average Bonchev–Trinajstić information content (AvgIpc) is 3.42. The molecule has 3 aromatic rings. The molecule has 8 heteroatoms. The Morgan fingerprint density at radius 1 is 1.00 bits per heavy atom. The number of sulfone groups is 1. The molecule has 2 aliphatic rings. The van der Waals surface area contributed by atoms with E-state index in [9.17, 15) is 18.3 Å². The second-order valence-corrected chi connectivity index (χ2v) is 12.2. The van der Waals surface area contributed by atoms with E-state index in [1.165, 1.54) is 6.26 Å². The maximum atomic E-state index is 11.3. The minimum absolute atomic E-state index is 0.0472. The van der Waals surface area contributed by atoms with Gasteiger partial charge in [-0.1, -0.05) is 24.3 Å². The number of rotatable bonds is 10. The first-order valence-corrected chi connectivity index (χ1v) is 14.3. The fourth-order valence-electron chi connectivity index (χ4n) is 5.18. The number of ether oxygens (including phenoxy) is 3. The summed E-state index contributed by atoms with van der Waals surface area (Å²) in [7, 11) is -2.99. The molecule has 194 valence electrons. The topological polar surface area (TPSA) is 99.1 Å². The van der Waals surface area contributed by atoms with Crippen molar-refractivity contribution in [3.8, 4) is 28.4 Å². The first-order chi connectivity index (χ1) is 17.6. The Morgan fingerprint density at radius 3 is 2.46 bits per heavy atom. The number of hydrogen-bond acceptors (Lipinski definition) is 6. The maximum absolute atomic E-state index is 11.3. The zero-order valence-corrected chi connectivity index (χ0v) is 21.9. The number of benzene rings is 3. The Hall–Kier alpha value is -3.52. The zero-order valence-electron chi connectivity index (χ0n) is 21.1. The Bertz CT molecular complexity index is 1440. The van der Waals surface area contributed by atoms with E-state index in [-0.39, 0.29) is 17.8 Å². The van der Waals surface area contributed by atoms with E-state index in [0.29, 0.717) is 31.1 Å². The molecular formula is C29H30O7S. The fourth-order valence-corrected chi connectivity index (χ4v) is 5.82. The zero-order chi connectivity index (χ0) is 26.3. The lowest BCUT2D eigenvalue weighted by Crippen LogP contribution is -2.08. The Labute approximate surface area is 216 Å². The summed E-state index contributed by atoms with van der Waals surface area (Å²) in [5.41, 5.74) is 6.32. The summed E-state index contributed by atoms with van der Waals surface area (Å²) in [5, 5.41) is 9.24. The van der Waals surface area contributed by atoms with Crippen molar-refractivity contribution in [1.29, 1.82) is 0 Å². The molecule has 3 unspecified atom stereocenters. The van der Waals surface area contributed by atoms with Crippen LogP contribution in [0.2, 0.25) is 0 Å². The lowest BCUT2D eigenvalue weighted by atomic mass is 9.94. The van der Waals surface area contributed by atoms with Gasteiger partial charge in [-0.2, -0.15) is 0 Å². The van der Waals surface area contributed by atoms with Crippen molar-refractivity contribution in [2.24, 2.45) is 5.92 Å². The smallest absolute Gasteiger partial charge is 0.311 e. The first kappa shape index (κ1) is 25.1. The molecule has 7 nitrogen and oxygen atoms in total. The van der Waals surface area contributed by atoms with Crippen molar-refractivity contribution in [2.45, 2.75) is 38.9 Å². The Kier molecular flexibility index (Phi) is 6.62. The minimum Gasteiger partial charge on any atom is -0.494 e. The fraction of sp³-hybridized carbons (Fsp3) is 0.345. The molecule has 5 rings (SSSR count). The highest BCUT2D eigenvalue weighted by Crippen LogP contribution is 2.58. The Morgan fingerprint density at radius 2 is 1.76 bits per heavy atom. The summed E-state index contributed by atoms with van der Waals surface area (Å²) in [4.78, 5) is 11.3. The van der Waals surface area contributed by atoms with E-state index in [1.807, 2.05) is 56.3 Å². The lowest BCUT2D eigenvalue weighted by molar-refractivity contribution is -0.139. The predicted octanol–water partition coefficient (Wildman–Crippen LogP) is 4.92. The van der Waals surface area contributed by atoms with Crippen molar-refractivity contribution in [3.63, 3.8) is 0 Å². The molecule has 0 aromatic heterocycles. The van der Waals surface area contributed by atoms with Gasteiger partial charge in [0, 0.05) is 23.8 Å². The molecule has 1 N–H and O–H groups in total. The van der Waals surface area contributed by atoms with E-state index in [0.717, 1.165) is 39.1 Å². The van der Waals surface area contributed by atoms with Crippen LogP contribution in [0, 0.1) is 19.8 Å². The molecular weight excluding hydrogens is 492 g/mol. The summed E-state index contributed by atoms with van der Waals surface area (Å²) >= 11 is 0. The number of carboxylic acids is 1. The molecule has 0 bridgehead atoms. The molecule has 0 spiro atoms. The van der Waals surface area contributed by atoms with Crippen LogP contribution < -0.4 is 14.2 Å². The van der Waals surface area contributed by atoms with Crippen LogP contribution in [0.25, 0.3) is 11.1 Å². The van der Waals surface area contributed by atoms with Crippen molar-refractivity contribution in [2.75, 3.05) is 18.6 Å². The van der Waals surface area contributed by atoms with Crippen LogP contribution in [-0.4, -0.2) is 44.2 Å². The molecule has 0 radical (unpaired) electrons. The summed E-state index contributed by atoms with van der Waals surface area (Å²) in [5.74, 6) is 0.952. The van der Waals surface area contributed by atoms with Crippen LogP contribution in [0.15, 0.2) is 54.6 Å². The highest BCUT2D eigenvalue weighted by atomic mass is 32.2. The van der Waals surface area contributed by atoms with E-state index in [1.54, 1.807) is 0 Å². The lowest BCUT2D eigenvalue weighted by Gasteiger charge is -2.15. The highest BCUT2D eigenvalue weighted by molar-refractivity contribution is 7.90. The molecule has 0 amide bonds. The molecule has 1 aliphatic carbocycles. The Balaban J connectivity index is 1.23. The largest absolute Gasteiger partial charge is 0.494 e. The minimum atomic E-state index is -2.99. The van der Waals surface area contributed by atoms with Gasteiger partial charge in [-0.3, -0.25) is 4.79 Å². The van der Waals surface area contributed by atoms with Crippen LogP contribution in [0.1, 0.15) is 34.6 Å². The van der Waals surface area contributed by atoms with Crippen LogP contribution in [-0.2, 0) is 21.2 Å². The molecule has 37 heavy (non-hydrogen) atoms. The van der Waals surface area contributed by atoms with Gasteiger partial charge >= 0.3 is 5.97 Å². The van der Waals surface area contributed by atoms with Gasteiger partial charge in [-0.25, -0.2) is 8.42 Å². The summed E-state index contributed by atoms with van der Waals surface area (Å²) in [6.45, 7) is 4.82. The summed E-state index contributed by atoms with van der Waals surface area (Å²) in [6.07, 6.45) is 1.44. The molecule has 3 atom stereocenters. The second-order valence-electron chi connectivity index (χ2n) is 9.92. The molecule has 3 aromatic carbocycles. The summed E-state index contributed by atoms with van der Waals surface area (Å²) in [6, 6.07) is 17.8. The second kappa shape index (κ2) is 9.74. The number of carboxylic acid groups (broad SMARTS) is 1. The molecule has 0 saturated heterocycles. The first-order valence-electron chi connectivity index (χ1n) is 12.3. The molecule has 1 heterocycles. The van der Waals surface area contributed by atoms with Gasteiger partial charge in [0.25, 0.3) is 0 Å². The van der Waals surface area contributed by atoms with E-state index < -0.39 is 21.7 Å². The van der Waals surface area contributed by atoms with Crippen LogP contribution in [0.5, 0.6) is 17.2 Å². The van der Waals surface area contributed by atoms with Crippen molar-refractivity contribution in [3.05, 3.63) is 76.9 Å². The number of fused-ring (bicyclic) bond motifs is 3. The SMILES string of the molecule is Cc1cc(OCCCS(C)(=O)=O)cc(C)c1-c1cccc(COc2ccc3c(c2)OC2C(C(=O)O)C32)c1. The van der Waals surface area contributed by atoms with E-state index >= 15 is 0 Å². The number of carbonyl (C=O) groups is 1. The van der Waals surface area contributed by atoms with E-state index in [4.69, 9.17) is 14.2 Å². The number of aryl methyl sites for hydroxylation is 2. The van der Waals surface area contributed by atoms with E-state index in [2.05, 4.69) is 12.1 Å². The summed E-state index contributed by atoms with van der Waals surface area (Å²) < 4.78 is 40.3. The van der Waals surface area contributed by atoms with Gasteiger partial charge in [0.2, 0.25) is 0 Å². The van der Waals surface area contributed by atoms with Gasteiger partial charge in [-0.05, 0) is 72.4 Å². The van der Waals surface area contributed by atoms with Gasteiger partial charge in [-0.15, -0.1) is 0 Å². The van der Waals surface area contributed by atoms with Crippen molar-refractivity contribution >= 4 is 15.8 Å². The standard InChI is InChI=1S/C29H30O7S/c1-17-12-22(34-10-5-11-37(3,32)33)13-18(2)25(17)20-7-4-6-19(14-20)16-35-21-8-9-23-24(15-21)36-28-26(23)27(28)29(30)31/h4,6-9,12-15,26-28H,5,10-11,16H2,1-3H3,(H,30,31). The van der Waals surface area contributed by atoms with Gasteiger partial charge < -0.3 is 19.3 Å². The third kappa shape index (κ3) is 5.44. The average molecular weight is 523 g/mol. The quantitative estimate of drug-likeness (QED) is 0.377. The molecule has 1 aliphatic heterocycles. The van der Waals surface area contributed by atoms with Gasteiger partial charge in [0.05, 0.1) is 12.4 Å². The highest BCUT2D eigenvalue weighted by Gasteiger charge is 2.63. The maximum Gasteiger partial charge on any atom is 0.311 e. The van der Waals surface area contributed by atoms with Crippen LogP contribution in [0.3, 0.4) is 0 Å². The third-order valence-corrected chi connectivity index (χ3v) is 7.93. The van der Waals surface area contributed by atoms with Crippen molar-refractivity contribution in [1.82, 2.24) is 0 Å². The third-order valence-electron chi connectivity index (χ3n) is 6.90.